The van der Waals surface area contributed by atoms with Crippen molar-refractivity contribution >= 4 is 28.7 Å². The smallest absolute Gasteiger partial charge is 0.337 e. The Labute approximate surface area is 157 Å². The maximum absolute atomic E-state index is 11.8. The second kappa shape index (κ2) is 7.98. The van der Waals surface area contributed by atoms with Crippen LogP contribution in [0.15, 0.2) is 22.7 Å². The summed E-state index contributed by atoms with van der Waals surface area (Å²) in [4.78, 5) is 16.1. The van der Waals surface area contributed by atoms with Crippen molar-refractivity contribution < 1.29 is 19.4 Å². The van der Waals surface area contributed by atoms with Crippen molar-refractivity contribution in [2.24, 2.45) is 11.7 Å². The van der Waals surface area contributed by atoms with Gasteiger partial charge in [-0.15, -0.1) is 0 Å². The minimum absolute atomic E-state index is 0.146. The van der Waals surface area contributed by atoms with Crippen LogP contribution in [0.4, 0.5) is 0 Å². The van der Waals surface area contributed by atoms with E-state index in [1.54, 1.807) is 12.3 Å². The zero-order valence-corrected chi connectivity index (χ0v) is 15.8. The molecule has 142 valence electrons. The number of furan rings is 1. The number of nitrogens with two attached hydrogens (primary N) is 1. The molecule has 4 N–H and O–H groups in total. The molecule has 0 unspecified atom stereocenters. The fourth-order valence-electron chi connectivity index (χ4n) is 3.09. The molecule has 6 nitrogen and oxygen atoms in total. The molecule has 2 aromatic heterocycles. The number of carbonyl (C=O) groups is 1. The summed E-state index contributed by atoms with van der Waals surface area (Å²) in [5, 5.41) is 21.1. The maximum atomic E-state index is 11.8. The number of rotatable bonds is 10. The molecule has 0 bridgehead atoms. The van der Waals surface area contributed by atoms with Gasteiger partial charge >= 0.3 is 5.97 Å². The van der Waals surface area contributed by atoms with Gasteiger partial charge in [0.1, 0.15) is 11.3 Å². The number of fused-ring (bicyclic) bond motifs is 1. The Morgan fingerprint density at radius 2 is 2.31 bits per heavy atom. The van der Waals surface area contributed by atoms with Crippen LogP contribution in [0.1, 0.15) is 37.6 Å². The monoisotopic (exact) mass is 378 g/mol. The fourth-order valence-corrected chi connectivity index (χ4v) is 3.86. The van der Waals surface area contributed by atoms with Crippen LogP contribution in [0.2, 0.25) is 0 Å². The van der Waals surface area contributed by atoms with Crippen molar-refractivity contribution in [2.75, 3.05) is 11.5 Å². The molecular formula is C19H26N2O4S. The van der Waals surface area contributed by atoms with Gasteiger partial charge < -0.3 is 20.4 Å². The van der Waals surface area contributed by atoms with Crippen molar-refractivity contribution in [3.8, 4) is 0 Å². The molecule has 0 aromatic carbocycles. The normalized spacial score (nSPS) is 18.0. The van der Waals surface area contributed by atoms with Crippen LogP contribution in [-0.4, -0.2) is 44.3 Å². The van der Waals surface area contributed by atoms with Crippen molar-refractivity contribution in [3.63, 3.8) is 0 Å². The van der Waals surface area contributed by atoms with Gasteiger partial charge in [-0.3, -0.25) is 4.98 Å². The first-order chi connectivity index (χ1) is 12.4. The summed E-state index contributed by atoms with van der Waals surface area (Å²) >= 11 is 1.51. The quantitative estimate of drug-likeness (QED) is 0.583. The molecule has 0 aliphatic heterocycles. The molecule has 2 aromatic rings. The fraction of sp³-hybridized carbons (Fsp3) is 0.579. The minimum atomic E-state index is -2.06. The molecule has 0 amide bonds. The van der Waals surface area contributed by atoms with Crippen LogP contribution in [0.5, 0.6) is 0 Å². The van der Waals surface area contributed by atoms with E-state index in [-0.39, 0.29) is 6.42 Å². The lowest BCUT2D eigenvalue weighted by atomic mass is 9.89. The van der Waals surface area contributed by atoms with Gasteiger partial charge in [0, 0.05) is 30.2 Å². The standard InChI is InChI=1S/C19H26N2O4S/c1-2-26-11-17(20)19(24,18(22)23)10-15-14-9-13(6-5-12-3-4-12)25-16(14)7-8-21-15/h7-9,12,17,24H,2-6,10-11,20H2,1H3,(H,22,23)/t17-,19+/m0/s1. The molecule has 1 aliphatic carbocycles. The summed E-state index contributed by atoms with van der Waals surface area (Å²) < 4.78 is 5.88. The third-order valence-electron chi connectivity index (χ3n) is 5.00. The highest BCUT2D eigenvalue weighted by atomic mass is 32.2. The summed E-state index contributed by atoms with van der Waals surface area (Å²) in [6, 6.07) is 2.81. The van der Waals surface area contributed by atoms with E-state index in [0.717, 1.165) is 35.7 Å². The van der Waals surface area contributed by atoms with Gasteiger partial charge in [-0.1, -0.05) is 19.8 Å². The van der Waals surface area contributed by atoms with E-state index in [0.29, 0.717) is 17.0 Å². The summed E-state index contributed by atoms with van der Waals surface area (Å²) in [7, 11) is 0. The molecule has 1 saturated carbocycles. The van der Waals surface area contributed by atoms with Crippen LogP contribution in [0.3, 0.4) is 0 Å². The third-order valence-corrected chi connectivity index (χ3v) is 6.00. The highest BCUT2D eigenvalue weighted by Crippen LogP contribution is 2.34. The van der Waals surface area contributed by atoms with Gasteiger partial charge in [0.15, 0.2) is 5.60 Å². The molecule has 7 heteroatoms. The second-order valence-electron chi connectivity index (χ2n) is 7.04. The summed E-state index contributed by atoms with van der Waals surface area (Å²) in [5.41, 5.74) is 5.14. The lowest BCUT2D eigenvalue weighted by Gasteiger charge is -2.29. The SMILES string of the molecule is CCSC[C@H](N)[C@](O)(Cc1nccc2oc(CCC3CC3)cc12)C(=O)O. The Morgan fingerprint density at radius 3 is 2.96 bits per heavy atom. The maximum Gasteiger partial charge on any atom is 0.337 e. The lowest BCUT2D eigenvalue weighted by molar-refractivity contribution is -0.160. The van der Waals surface area contributed by atoms with Gasteiger partial charge in [0.25, 0.3) is 0 Å². The summed E-state index contributed by atoms with van der Waals surface area (Å²) in [5.74, 6) is 1.55. The number of carboxylic acids is 1. The largest absolute Gasteiger partial charge is 0.479 e. The summed E-state index contributed by atoms with van der Waals surface area (Å²) in [6.45, 7) is 1.97. The van der Waals surface area contributed by atoms with Crippen LogP contribution in [0.25, 0.3) is 11.0 Å². The van der Waals surface area contributed by atoms with Crippen LogP contribution in [0, 0.1) is 5.92 Å². The van der Waals surface area contributed by atoms with E-state index < -0.39 is 17.6 Å². The number of pyridine rings is 1. The number of nitrogens with zero attached hydrogens (tertiary/aromatic N) is 1. The van der Waals surface area contributed by atoms with Crippen molar-refractivity contribution in [2.45, 2.75) is 50.7 Å². The first kappa shape index (κ1) is 19.2. The van der Waals surface area contributed by atoms with Gasteiger partial charge in [-0.2, -0.15) is 11.8 Å². The molecular weight excluding hydrogens is 352 g/mol. The third kappa shape index (κ3) is 4.22. The first-order valence-electron chi connectivity index (χ1n) is 9.09. The van der Waals surface area contributed by atoms with Gasteiger partial charge in [-0.05, 0) is 30.2 Å². The predicted octanol–water partition coefficient (Wildman–Crippen LogP) is 2.61. The zero-order chi connectivity index (χ0) is 18.7. The van der Waals surface area contributed by atoms with Crippen molar-refractivity contribution in [3.05, 3.63) is 29.8 Å². The molecule has 0 saturated heterocycles. The van der Waals surface area contributed by atoms with Gasteiger partial charge in [-0.25, -0.2) is 4.79 Å². The number of hydrogen-bond acceptors (Lipinski definition) is 6. The number of aliphatic carboxylic acids is 1. The van der Waals surface area contributed by atoms with E-state index in [1.165, 1.54) is 24.6 Å². The minimum Gasteiger partial charge on any atom is -0.479 e. The Hall–Kier alpha value is -1.57. The lowest BCUT2D eigenvalue weighted by Crippen LogP contribution is -2.57. The number of aliphatic hydroxyl groups is 1. The molecule has 2 atom stereocenters. The number of thioether (sulfide) groups is 1. The Kier molecular flexibility index (Phi) is 5.89. The first-order valence-corrected chi connectivity index (χ1v) is 10.2. The zero-order valence-electron chi connectivity index (χ0n) is 15.0. The van der Waals surface area contributed by atoms with E-state index in [9.17, 15) is 15.0 Å². The Balaban J connectivity index is 1.83. The average Bonchev–Trinajstić information content (AvgIpc) is 3.35. The van der Waals surface area contributed by atoms with Crippen LogP contribution >= 0.6 is 11.8 Å². The summed E-state index contributed by atoms with van der Waals surface area (Å²) in [6.07, 6.45) is 6.02. The highest BCUT2D eigenvalue weighted by Gasteiger charge is 2.43. The number of aromatic nitrogens is 1. The van der Waals surface area contributed by atoms with Gasteiger partial charge in [0.2, 0.25) is 0 Å². The topological polar surface area (TPSA) is 110 Å². The molecule has 2 heterocycles. The number of aryl methyl sites for hydroxylation is 1. The van der Waals surface area contributed by atoms with E-state index in [2.05, 4.69) is 4.98 Å². The average molecular weight is 378 g/mol. The molecule has 0 radical (unpaired) electrons. The number of carboxylic acid groups (broad SMARTS) is 1. The Bertz CT molecular complexity index is 774. The second-order valence-corrected chi connectivity index (χ2v) is 8.36. The van der Waals surface area contributed by atoms with Gasteiger partial charge in [0.05, 0.1) is 11.7 Å². The van der Waals surface area contributed by atoms with Crippen molar-refractivity contribution in [1.82, 2.24) is 4.98 Å². The van der Waals surface area contributed by atoms with E-state index >= 15 is 0 Å². The molecule has 1 aliphatic rings. The van der Waals surface area contributed by atoms with E-state index in [1.807, 2.05) is 13.0 Å². The molecule has 1 fully saturated rings. The molecule has 26 heavy (non-hydrogen) atoms. The van der Waals surface area contributed by atoms with E-state index in [4.69, 9.17) is 10.2 Å². The number of hydrogen-bond donors (Lipinski definition) is 3. The predicted molar refractivity (Wildman–Crippen MR) is 102 cm³/mol. The van der Waals surface area contributed by atoms with Crippen LogP contribution < -0.4 is 5.73 Å². The van der Waals surface area contributed by atoms with Crippen LogP contribution in [-0.2, 0) is 17.6 Å². The Morgan fingerprint density at radius 1 is 1.54 bits per heavy atom. The molecule has 3 rings (SSSR count). The van der Waals surface area contributed by atoms with Crippen molar-refractivity contribution in [1.29, 1.82) is 0 Å². The molecule has 0 spiro atoms. The highest BCUT2D eigenvalue weighted by molar-refractivity contribution is 7.99.